The minimum Gasteiger partial charge on any atom is -0.494 e. The topological polar surface area (TPSA) is 59.3 Å². The molecule has 4 heteroatoms. The minimum atomic E-state index is -0.429. The Morgan fingerprint density at radius 1 is 0.926 bits per heavy atom. The van der Waals surface area contributed by atoms with E-state index in [-0.39, 0.29) is 0 Å². The first-order chi connectivity index (χ1) is 13.2. The zero-order chi connectivity index (χ0) is 19.1. The smallest absolute Gasteiger partial charge is 0.343 e. The molecule has 3 aromatic carbocycles. The lowest BCUT2D eigenvalue weighted by Crippen LogP contribution is -2.08. The second-order valence-electron chi connectivity index (χ2n) is 6.31. The molecular formula is C23H21NO3. The highest BCUT2D eigenvalue weighted by Gasteiger charge is 2.10. The van der Waals surface area contributed by atoms with Crippen molar-refractivity contribution in [3.05, 3.63) is 71.8 Å². The average molecular weight is 359 g/mol. The van der Waals surface area contributed by atoms with Crippen molar-refractivity contribution in [2.24, 2.45) is 0 Å². The summed E-state index contributed by atoms with van der Waals surface area (Å²) in [5, 5.41) is 10.8. The Hall–Kier alpha value is -3.32. The maximum Gasteiger partial charge on any atom is 0.343 e. The monoisotopic (exact) mass is 359 g/mol. The van der Waals surface area contributed by atoms with Gasteiger partial charge in [-0.15, -0.1) is 0 Å². The molecule has 0 saturated carbocycles. The normalized spacial score (nSPS) is 10.4. The number of hydrogen-bond donors (Lipinski definition) is 0. The first-order valence-corrected chi connectivity index (χ1v) is 9.08. The molecule has 0 saturated heterocycles. The summed E-state index contributed by atoms with van der Waals surface area (Å²) in [5.74, 6) is 0.822. The maximum absolute atomic E-state index is 12.4. The molecule has 0 aliphatic rings. The van der Waals surface area contributed by atoms with Crippen LogP contribution in [0, 0.1) is 11.3 Å². The summed E-state index contributed by atoms with van der Waals surface area (Å²) >= 11 is 0. The zero-order valence-corrected chi connectivity index (χ0v) is 15.3. The van der Waals surface area contributed by atoms with Crippen molar-refractivity contribution in [1.82, 2.24) is 0 Å². The van der Waals surface area contributed by atoms with Gasteiger partial charge in [0, 0.05) is 0 Å². The molecule has 0 radical (unpaired) electrons. The van der Waals surface area contributed by atoms with Crippen molar-refractivity contribution in [3.8, 4) is 17.6 Å². The van der Waals surface area contributed by atoms with E-state index in [0.717, 1.165) is 29.4 Å². The summed E-state index contributed by atoms with van der Waals surface area (Å²) in [7, 11) is 0. The molecule has 0 N–H and O–H groups in total. The molecule has 0 aromatic heterocycles. The van der Waals surface area contributed by atoms with Gasteiger partial charge in [0.15, 0.2) is 0 Å². The summed E-state index contributed by atoms with van der Waals surface area (Å²) in [6.45, 7) is 2.88. The maximum atomic E-state index is 12.4. The molecular weight excluding hydrogens is 338 g/mol. The van der Waals surface area contributed by atoms with E-state index >= 15 is 0 Å². The van der Waals surface area contributed by atoms with Gasteiger partial charge in [0.1, 0.15) is 11.5 Å². The van der Waals surface area contributed by atoms with Gasteiger partial charge in [0.2, 0.25) is 0 Å². The third-order valence-electron chi connectivity index (χ3n) is 4.26. The first kappa shape index (κ1) is 18.5. The molecule has 27 heavy (non-hydrogen) atoms. The lowest BCUT2D eigenvalue weighted by molar-refractivity contribution is 0.0735. The molecule has 3 rings (SSSR count). The van der Waals surface area contributed by atoms with Gasteiger partial charge in [-0.2, -0.15) is 5.26 Å². The molecule has 4 nitrogen and oxygen atoms in total. The standard InChI is InChI=1S/C23H21NO3/c1-2-3-4-13-26-22-12-9-18-14-20(8-7-19(18)15-22)23(25)27-21-10-5-17(16-24)6-11-21/h5-12,14-15H,2-4,13H2,1H3. The molecule has 0 spiro atoms. The molecule has 136 valence electrons. The van der Waals surface area contributed by atoms with E-state index in [0.29, 0.717) is 23.5 Å². The number of rotatable bonds is 7. The van der Waals surface area contributed by atoms with Crippen LogP contribution in [0.1, 0.15) is 42.1 Å². The van der Waals surface area contributed by atoms with Gasteiger partial charge in [0.05, 0.1) is 23.8 Å². The van der Waals surface area contributed by atoms with Gasteiger partial charge in [-0.3, -0.25) is 0 Å². The Morgan fingerprint density at radius 2 is 1.63 bits per heavy atom. The van der Waals surface area contributed by atoms with Crippen molar-refractivity contribution in [3.63, 3.8) is 0 Å². The van der Waals surface area contributed by atoms with Crippen molar-refractivity contribution in [2.45, 2.75) is 26.2 Å². The summed E-state index contributed by atoms with van der Waals surface area (Å²) in [5.41, 5.74) is 0.997. The highest BCUT2D eigenvalue weighted by molar-refractivity contribution is 5.96. The van der Waals surface area contributed by atoms with Gasteiger partial charge in [-0.25, -0.2) is 4.79 Å². The third-order valence-corrected chi connectivity index (χ3v) is 4.26. The van der Waals surface area contributed by atoms with E-state index in [1.54, 1.807) is 30.3 Å². The number of hydrogen-bond acceptors (Lipinski definition) is 4. The van der Waals surface area contributed by atoms with E-state index in [4.69, 9.17) is 14.7 Å². The van der Waals surface area contributed by atoms with Crippen molar-refractivity contribution < 1.29 is 14.3 Å². The number of carbonyl (C=O) groups is 1. The van der Waals surface area contributed by atoms with E-state index in [2.05, 4.69) is 6.92 Å². The average Bonchev–Trinajstić information content (AvgIpc) is 2.71. The van der Waals surface area contributed by atoms with Crippen molar-refractivity contribution in [1.29, 1.82) is 5.26 Å². The van der Waals surface area contributed by atoms with Crippen LogP contribution in [0.25, 0.3) is 10.8 Å². The molecule has 0 aliphatic carbocycles. The van der Waals surface area contributed by atoms with Crippen molar-refractivity contribution >= 4 is 16.7 Å². The van der Waals surface area contributed by atoms with E-state index < -0.39 is 5.97 Å². The van der Waals surface area contributed by atoms with Crippen LogP contribution in [0.3, 0.4) is 0 Å². The second-order valence-corrected chi connectivity index (χ2v) is 6.31. The molecule has 0 bridgehead atoms. The Bertz CT molecular complexity index is 971. The number of nitriles is 1. The van der Waals surface area contributed by atoms with Crippen LogP contribution in [-0.4, -0.2) is 12.6 Å². The second kappa shape index (κ2) is 8.86. The summed E-state index contributed by atoms with van der Waals surface area (Å²) in [6, 6.07) is 19.8. The van der Waals surface area contributed by atoms with Crippen LogP contribution in [0.15, 0.2) is 60.7 Å². The Kier molecular flexibility index (Phi) is 6.06. The van der Waals surface area contributed by atoms with Gasteiger partial charge >= 0.3 is 5.97 Å². The first-order valence-electron chi connectivity index (χ1n) is 9.08. The quantitative estimate of drug-likeness (QED) is 0.317. The molecule has 0 unspecified atom stereocenters. The van der Waals surface area contributed by atoms with Crippen LogP contribution >= 0.6 is 0 Å². The minimum absolute atomic E-state index is 0.412. The number of benzene rings is 3. The fourth-order valence-corrected chi connectivity index (χ4v) is 2.75. The summed E-state index contributed by atoms with van der Waals surface area (Å²) < 4.78 is 11.2. The fourth-order valence-electron chi connectivity index (χ4n) is 2.75. The lowest BCUT2D eigenvalue weighted by atomic mass is 10.1. The van der Waals surface area contributed by atoms with E-state index in [1.165, 1.54) is 6.42 Å². The predicted molar refractivity (Wildman–Crippen MR) is 105 cm³/mol. The Labute approximate surface area is 159 Å². The number of nitrogens with zero attached hydrogens (tertiary/aromatic N) is 1. The van der Waals surface area contributed by atoms with Gasteiger partial charge in [0.25, 0.3) is 0 Å². The highest BCUT2D eigenvalue weighted by Crippen LogP contribution is 2.23. The SMILES string of the molecule is CCCCCOc1ccc2cc(C(=O)Oc3ccc(C#N)cc3)ccc2c1. The number of ether oxygens (including phenoxy) is 2. The lowest BCUT2D eigenvalue weighted by Gasteiger charge is -2.08. The Balaban J connectivity index is 1.69. The molecule has 0 aliphatic heterocycles. The van der Waals surface area contributed by atoms with Gasteiger partial charge < -0.3 is 9.47 Å². The fraction of sp³-hybridized carbons (Fsp3) is 0.217. The number of carbonyl (C=O) groups excluding carboxylic acids is 1. The number of esters is 1. The molecule has 3 aromatic rings. The van der Waals surface area contributed by atoms with Gasteiger partial charge in [-0.05, 0) is 65.7 Å². The molecule has 0 amide bonds. The van der Waals surface area contributed by atoms with Crippen LogP contribution < -0.4 is 9.47 Å². The van der Waals surface area contributed by atoms with Crippen LogP contribution in [-0.2, 0) is 0 Å². The summed E-state index contributed by atoms with van der Waals surface area (Å²) in [4.78, 5) is 12.4. The van der Waals surface area contributed by atoms with Crippen LogP contribution in [0.4, 0.5) is 0 Å². The summed E-state index contributed by atoms with van der Waals surface area (Å²) in [6.07, 6.45) is 3.38. The highest BCUT2D eigenvalue weighted by atomic mass is 16.5. The van der Waals surface area contributed by atoms with E-state index in [9.17, 15) is 4.79 Å². The van der Waals surface area contributed by atoms with Crippen LogP contribution in [0.5, 0.6) is 11.5 Å². The van der Waals surface area contributed by atoms with Crippen LogP contribution in [0.2, 0.25) is 0 Å². The molecule has 0 heterocycles. The largest absolute Gasteiger partial charge is 0.494 e. The predicted octanol–water partition coefficient (Wildman–Crippen LogP) is 5.50. The van der Waals surface area contributed by atoms with Crippen molar-refractivity contribution in [2.75, 3.05) is 6.61 Å². The zero-order valence-electron chi connectivity index (χ0n) is 15.3. The third kappa shape index (κ3) is 4.86. The molecule has 0 atom stereocenters. The van der Waals surface area contributed by atoms with Gasteiger partial charge in [-0.1, -0.05) is 31.9 Å². The Morgan fingerprint density at radius 3 is 2.37 bits per heavy atom. The number of fused-ring (bicyclic) bond motifs is 1. The number of unbranched alkanes of at least 4 members (excludes halogenated alkanes) is 2. The molecule has 0 fully saturated rings. The van der Waals surface area contributed by atoms with E-state index in [1.807, 2.05) is 36.4 Å².